The van der Waals surface area contributed by atoms with Crippen LogP contribution in [-0.2, 0) is 10.0 Å². The molecule has 0 aliphatic carbocycles. The molecule has 0 unspecified atom stereocenters. The Morgan fingerprint density at radius 2 is 1.68 bits per heavy atom. The molecule has 1 heterocycles. The van der Waals surface area contributed by atoms with Crippen LogP contribution >= 0.6 is 11.8 Å². The molecule has 0 radical (unpaired) electrons. The number of sulfonamides is 1. The van der Waals surface area contributed by atoms with Gasteiger partial charge in [0.05, 0.1) is 10.6 Å². The van der Waals surface area contributed by atoms with Crippen LogP contribution in [-0.4, -0.2) is 24.5 Å². The zero-order valence-electron chi connectivity index (χ0n) is 16.0. The summed E-state index contributed by atoms with van der Waals surface area (Å²) in [6, 6.07) is 16.2. The van der Waals surface area contributed by atoms with Crippen LogP contribution in [0.5, 0.6) is 0 Å². The highest BCUT2D eigenvalue weighted by molar-refractivity contribution is 8.00. The molecule has 2 N–H and O–H groups in total. The van der Waals surface area contributed by atoms with Gasteiger partial charge in [-0.2, -0.15) is 0 Å². The number of carbonyl (C=O) groups is 1. The number of primary sulfonamides is 1. The molecule has 28 heavy (non-hydrogen) atoms. The van der Waals surface area contributed by atoms with Gasteiger partial charge in [-0.05, 0) is 62.7 Å². The Morgan fingerprint density at radius 3 is 2.29 bits per heavy atom. The first kappa shape index (κ1) is 20.4. The van der Waals surface area contributed by atoms with Crippen molar-refractivity contribution in [2.45, 2.75) is 30.6 Å². The third-order valence-electron chi connectivity index (χ3n) is 4.61. The quantitative estimate of drug-likeness (QED) is 0.488. The molecule has 0 amide bonds. The molecule has 0 saturated carbocycles. The van der Waals surface area contributed by atoms with Gasteiger partial charge in [0.15, 0.2) is 5.78 Å². The summed E-state index contributed by atoms with van der Waals surface area (Å²) in [6.45, 7) is 5.85. The van der Waals surface area contributed by atoms with Crippen molar-refractivity contribution in [3.05, 3.63) is 77.1 Å². The van der Waals surface area contributed by atoms with Crippen molar-refractivity contribution in [3.8, 4) is 5.69 Å². The molecule has 3 rings (SSSR count). The van der Waals surface area contributed by atoms with E-state index in [-0.39, 0.29) is 10.7 Å². The lowest BCUT2D eigenvalue weighted by Crippen LogP contribution is -2.12. The first-order chi connectivity index (χ1) is 13.2. The fourth-order valence-electron chi connectivity index (χ4n) is 3.17. The van der Waals surface area contributed by atoms with Gasteiger partial charge in [0.2, 0.25) is 10.0 Å². The van der Waals surface area contributed by atoms with E-state index in [1.807, 2.05) is 55.7 Å². The SMILES string of the molecule is Cc1ccccc1SCC(=O)c1cc(C)n(-c2ccc(S(N)(=O)=O)cc2)c1C. The summed E-state index contributed by atoms with van der Waals surface area (Å²) in [4.78, 5) is 14.0. The molecular weight excluding hydrogens is 392 g/mol. The molecule has 7 heteroatoms. The maximum absolute atomic E-state index is 12.8. The summed E-state index contributed by atoms with van der Waals surface area (Å²) in [5.41, 5.74) is 4.35. The second-order valence-electron chi connectivity index (χ2n) is 6.64. The normalized spacial score (nSPS) is 11.6. The molecule has 0 saturated heterocycles. The van der Waals surface area contributed by atoms with E-state index in [0.717, 1.165) is 27.5 Å². The average Bonchev–Trinajstić information content (AvgIpc) is 2.94. The average molecular weight is 415 g/mol. The minimum atomic E-state index is -3.73. The van der Waals surface area contributed by atoms with Crippen LogP contribution in [0, 0.1) is 20.8 Å². The van der Waals surface area contributed by atoms with Gasteiger partial charge in [-0.15, -0.1) is 11.8 Å². The zero-order valence-corrected chi connectivity index (χ0v) is 17.6. The lowest BCUT2D eigenvalue weighted by Gasteiger charge is -2.10. The molecule has 0 spiro atoms. The van der Waals surface area contributed by atoms with E-state index >= 15 is 0 Å². The van der Waals surface area contributed by atoms with Crippen LogP contribution in [0.25, 0.3) is 5.69 Å². The number of nitrogens with two attached hydrogens (primary N) is 1. The molecule has 2 aromatic carbocycles. The first-order valence-corrected chi connectivity index (χ1v) is 11.3. The number of Topliss-reactive ketones (excluding diaryl/α,β-unsaturated/α-hetero) is 1. The number of hydrogen-bond donors (Lipinski definition) is 1. The second-order valence-corrected chi connectivity index (χ2v) is 9.22. The largest absolute Gasteiger partial charge is 0.318 e. The van der Waals surface area contributed by atoms with E-state index in [1.54, 1.807) is 12.1 Å². The van der Waals surface area contributed by atoms with Crippen LogP contribution in [0.15, 0.2) is 64.4 Å². The number of aromatic nitrogens is 1. The molecule has 5 nitrogen and oxygen atoms in total. The molecule has 3 aromatic rings. The van der Waals surface area contributed by atoms with Gasteiger partial charge < -0.3 is 4.57 Å². The van der Waals surface area contributed by atoms with E-state index < -0.39 is 10.0 Å². The van der Waals surface area contributed by atoms with Crippen molar-refractivity contribution >= 4 is 27.6 Å². The molecule has 0 fully saturated rings. The minimum Gasteiger partial charge on any atom is -0.318 e. The minimum absolute atomic E-state index is 0.0599. The van der Waals surface area contributed by atoms with Crippen LogP contribution in [0.3, 0.4) is 0 Å². The van der Waals surface area contributed by atoms with Crippen LogP contribution in [0.2, 0.25) is 0 Å². The number of thioether (sulfide) groups is 1. The summed E-state index contributed by atoms with van der Waals surface area (Å²) in [6.07, 6.45) is 0. The Balaban J connectivity index is 1.85. The summed E-state index contributed by atoms with van der Waals surface area (Å²) < 4.78 is 24.8. The second kappa shape index (κ2) is 7.95. The Kier molecular flexibility index (Phi) is 5.79. The molecule has 0 aliphatic heterocycles. The Morgan fingerprint density at radius 1 is 1.04 bits per heavy atom. The van der Waals surface area contributed by atoms with E-state index in [0.29, 0.717) is 11.3 Å². The molecule has 0 aliphatic rings. The summed E-state index contributed by atoms with van der Waals surface area (Å²) in [5.74, 6) is 0.424. The Bertz CT molecular complexity index is 1130. The van der Waals surface area contributed by atoms with E-state index in [2.05, 4.69) is 0 Å². The predicted octanol–water partition coefficient (Wildman–Crippen LogP) is 4.02. The van der Waals surface area contributed by atoms with Gasteiger partial charge >= 0.3 is 0 Å². The highest BCUT2D eigenvalue weighted by atomic mass is 32.2. The van der Waals surface area contributed by atoms with Gasteiger partial charge in [0.1, 0.15) is 0 Å². The molecule has 1 aromatic heterocycles. The van der Waals surface area contributed by atoms with Gasteiger partial charge in [-0.25, -0.2) is 13.6 Å². The van der Waals surface area contributed by atoms with Crippen molar-refractivity contribution in [1.29, 1.82) is 0 Å². The number of benzene rings is 2. The number of rotatable bonds is 6. The Labute approximate surface area is 169 Å². The number of hydrogen-bond acceptors (Lipinski definition) is 4. The molecule has 146 valence electrons. The molecule has 0 bridgehead atoms. The topological polar surface area (TPSA) is 82.2 Å². The van der Waals surface area contributed by atoms with Crippen LogP contribution in [0.4, 0.5) is 0 Å². The van der Waals surface area contributed by atoms with Crippen molar-refractivity contribution in [2.75, 3.05) is 5.75 Å². The highest BCUT2D eigenvalue weighted by Gasteiger charge is 2.17. The van der Waals surface area contributed by atoms with E-state index in [4.69, 9.17) is 5.14 Å². The van der Waals surface area contributed by atoms with Gasteiger partial charge in [-0.1, -0.05) is 18.2 Å². The third kappa shape index (κ3) is 4.22. The lowest BCUT2D eigenvalue weighted by molar-refractivity contribution is 0.102. The predicted molar refractivity (Wildman–Crippen MR) is 113 cm³/mol. The van der Waals surface area contributed by atoms with Crippen molar-refractivity contribution in [2.24, 2.45) is 5.14 Å². The summed E-state index contributed by atoms with van der Waals surface area (Å²) >= 11 is 1.53. The number of carbonyl (C=O) groups excluding carboxylic acids is 1. The third-order valence-corrected chi connectivity index (χ3v) is 6.71. The fourth-order valence-corrected chi connectivity index (χ4v) is 4.59. The Hall–Kier alpha value is -2.35. The number of nitrogens with zero attached hydrogens (tertiary/aromatic N) is 1. The van der Waals surface area contributed by atoms with E-state index in [1.165, 1.54) is 23.9 Å². The van der Waals surface area contributed by atoms with E-state index in [9.17, 15) is 13.2 Å². The first-order valence-electron chi connectivity index (χ1n) is 8.72. The summed E-state index contributed by atoms with van der Waals surface area (Å²) in [5, 5.41) is 5.16. The monoisotopic (exact) mass is 414 g/mol. The maximum Gasteiger partial charge on any atom is 0.238 e. The fraction of sp³-hybridized carbons (Fsp3) is 0.190. The van der Waals surface area contributed by atoms with Gasteiger partial charge in [0.25, 0.3) is 0 Å². The number of ketones is 1. The lowest BCUT2D eigenvalue weighted by atomic mass is 10.2. The molecular formula is C21H22N2O3S2. The van der Waals surface area contributed by atoms with Crippen LogP contribution < -0.4 is 5.14 Å². The van der Waals surface area contributed by atoms with Crippen molar-refractivity contribution < 1.29 is 13.2 Å². The van der Waals surface area contributed by atoms with Crippen molar-refractivity contribution in [3.63, 3.8) is 0 Å². The smallest absolute Gasteiger partial charge is 0.238 e. The number of aryl methyl sites for hydroxylation is 2. The van der Waals surface area contributed by atoms with Gasteiger partial charge in [0, 0.05) is 27.5 Å². The van der Waals surface area contributed by atoms with Gasteiger partial charge in [-0.3, -0.25) is 4.79 Å². The van der Waals surface area contributed by atoms with Crippen molar-refractivity contribution in [1.82, 2.24) is 4.57 Å². The highest BCUT2D eigenvalue weighted by Crippen LogP contribution is 2.26. The summed E-state index contributed by atoms with van der Waals surface area (Å²) in [7, 11) is -3.73. The molecule has 0 atom stereocenters. The zero-order chi connectivity index (χ0) is 20.5. The standard InChI is InChI=1S/C21H22N2O3S2/c1-14-6-4-5-7-21(14)27-13-20(24)19-12-15(2)23(16(19)3)17-8-10-18(11-9-17)28(22,25)26/h4-12H,13H2,1-3H3,(H2,22,25,26). The maximum atomic E-state index is 12.8. The van der Waals surface area contributed by atoms with Crippen LogP contribution in [0.1, 0.15) is 27.3 Å².